The lowest BCUT2D eigenvalue weighted by atomic mass is 10.1. The lowest BCUT2D eigenvalue weighted by Gasteiger charge is -2.26. The molecule has 114 valence electrons. The van der Waals surface area contributed by atoms with Gasteiger partial charge in [0, 0.05) is 37.9 Å². The van der Waals surface area contributed by atoms with Crippen LogP contribution in [0, 0.1) is 0 Å². The van der Waals surface area contributed by atoms with E-state index >= 15 is 0 Å². The number of aldehydes is 1. The van der Waals surface area contributed by atoms with Crippen molar-refractivity contribution >= 4 is 17.7 Å². The van der Waals surface area contributed by atoms with Crippen LogP contribution in [0.5, 0.6) is 5.75 Å². The minimum absolute atomic E-state index is 0.587. The molecule has 21 heavy (non-hydrogen) atoms. The van der Waals surface area contributed by atoms with Crippen LogP contribution in [0.4, 0.5) is 11.4 Å². The van der Waals surface area contributed by atoms with Crippen molar-refractivity contribution in [2.45, 2.75) is 32.6 Å². The Morgan fingerprint density at radius 2 is 1.67 bits per heavy atom. The third kappa shape index (κ3) is 2.85. The summed E-state index contributed by atoms with van der Waals surface area (Å²) in [4.78, 5) is 16.3. The Balaban J connectivity index is 2.03. The summed E-state index contributed by atoms with van der Waals surface area (Å²) in [6.45, 7) is 6.83. The number of carbonyl (C=O) groups excluding carboxylic acids is 1. The molecule has 4 heteroatoms. The van der Waals surface area contributed by atoms with Crippen LogP contribution in [0.2, 0.25) is 0 Å². The zero-order chi connectivity index (χ0) is 14.7. The fraction of sp³-hybridized carbons (Fsp3) is 0.588. The predicted molar refractivity (Wildman–Crippen MR) is 85.9 cm³/mol. The molecule has 2 saturated heterocycles. The molecular weight excluding hydrogens is 264 g/mol. The van der Waals surface area contributed by atoms with Gasteiger partial charge in [-0.1, -0.05) is 0 Å². The topological polar surface area (TPSA) is 32.8 Å². The number of benzene rings is 1. The summed E-state index contributed by atoms with van der Waals surface area (Å²) in [7, 11) is 0. The van der Waals surface area contributed by atoms with Gasteiger partial charge in [0.2, 0.25) is 0 Å². The third-order valence-electron chi connectivity index (χ3n) is 4.44. The molecule has 0 N–H and O–H groups in total. The SMILES string of the molecule is CCOc1cc(N2CCCC2)cc(N2CCCC2)c1C=O. The van der Waals surface area contributed by atoms with E-state index in [2.05, 4.69) is 15.9 Å². The summed E-state index contributed by atoms with van der Waals surface area (Å²) in [5, 5.41) is 0. The first kappa shape index (κ1) is 14.2. The summed E-state index contributed by atoms with van der Waals surface area (Å²) in [6, 6.07) is 4.22. The number of nitrogens with zero attached hydrogens (tertiary/aromatic N) is 2. The molecule has 2 aliphatic heterocycles. The lowest BCUT2D eigenvalue weighted by molar-refractivity contribution is 0.112. The maximum absolute atomic E-state index is 11.6. The van der Waals surface area contributed by atoms with Crippen molar-refractivity contribution in [3.8, 4) is 5.75 Å². The highest BCUT2D eigenvalue weighted by atomic mass is 16.5. The normalized spacial score (nSPS) is 18.3. The second kappa shape index (κ2) is 6.37. The van der Waals surface area contributed by atoms with Crippen molar-refractivity contribution in [1.82, 2.24) is 0 Å². The molecule has 0 amide bonds. The van der Waals surface area contributed by atoms with Gasteiger partial charge in [-0.3, -0.25) is 4.79 Å². The Kier molecular flexibility index (Phi) is 4.32. The van der Waals surface area contributed by atoms with Crippen molar-refractivity contribution in [1.29, 1.82) is 0 Å². The van der Waals surface area contributed by atoms with Crippen LogP contribution in [0.15, 0.2) is 12.1 Å². The Morgan fingerprint density at radius 1 is 1.05 bits per heavy atom. The predicted octanol–water partition coefficient (Wildman–Crippen LogP) is 3.10. The molecule has 0 spiro atoms. The van der Waals surface area contributed by atoms with Gasteiger partial charge in [0.05, 0.1) is 17.9 Å². The molecular formula is C17H24N2O2. The highest BCUT2D eigenvalue weighted by Gasteiger charge is 2.22. The van der Waals surface area contributed by atoms with Crippen LogP contribution >= 0.6 is 0 Å². The van der Waals surface area contributed by atoms with E-state index in [-0.39, 0.29) is 0 Å². The average Bonchev–Trinajstić information content (AvgIpc) is 3.20. The van der Waals surface area contributed by atoms with Gasteiger partial charge in [-0.25, -0.2) is 0 Å². The quantitative estimate of drug-likeness (QED) is 0.779. The van der Waals surface area contributed by atoms with Gasteiger partial charge in [0.25, 0.3) is 0 Å². The van der Waals surface area contributed by atoms with Crippen molar-refractivity contribution in [2.75, 3.05) is 42.6 Å². The first-order valence-corrected chi connectivity index (χ1v) is 8.09. The minimum Gasteiger partial charge on any atom is -0.493 e. The summed E-state index contributed by atoms with van der Waals surface area (Å²) in [5.74, 6) is 0.735. The van der Waals surface area contributed by atoms with Crippen LogP contribution in [0.3, 0.4) is 0 Å². The highest BCUT2D eigenvalue weighted by molar-refractivity contribution is 5.91. The number of hydrogen-bond donors (Lipinski definition) is 0. The fourth-order valence-corrected chi connectivity index (χ4v) is 3.37. The van der Waals surface area contributed by atoms with Crippen LogP contribution in [0.25, 0.3) is 0 Å². The molecule has 0 bridgehead atoms. The maximum atomic E-state index is 11.6. The molecule has 1 aromatic carbocycles. The van der Waals surface area contributed by atoms with E-state index in [1.54, 1.807) is 0 Å². The van der Waals surface area contributed by atoms with Gasteiger partial charge in [0.15, 0.2) is 6.29 Å². The summed E-state index contributed by atoms with van der Waals surface area (Å²) >= 11 is 0. The molecule has 0 unspecified atom stereocenters. The van der Waals surface area contributed by atoms with E-state index < -0.39 is 0 Å². The second-order valence-corrected chi connectivity index (χ2v) is 5.82. The van der Waals surface area contributed by atoms with E-state index in [1.807, 2.05) is 13.0 Å². The monoisotopic (exact) mass is 288 g/mol. The minimum atomic E-state index is 0.587. The van der Waals surface area contributed by atoms with Gasteiger partial charge >= 0.3 is 0 Å². The summed E-state index contributed by atoms with van der Waals surface area (Å²) in [6.07, 6.45) is 5.86. The van der Waals surface area contributed by atoms with Gasteiger partial charge < -0.3 is 14.5 Å². The molecule has 1 aromatic rings. The van der Waals surface area contributed by atoms with Crippen LogP contribution in [0.1, 0.15) is 43.0 Å². The number of hydrogen-bond acceptors (Lipinski definition) is 4. The van der Waals surface area contributed by atoms with Crippen molar-refractivity contribution in [3.05, 3.63) is 17.7 Å². The lowest BCUT2D eigenvalue weighted by Crippen LogP contribution is -2.22. The van der Waals surface area contributed by atoms with Gasteiger partial charge in [-0.2, -0.15) is 0 Å². The molecule has 0 aromatic heterocycles. The standard InChI is InChI=1S/C17H24N2O2/c1-2-21-17-12-14(18-7-3-4-8-18)11-16(15(17)13-20)19-9-5-6-10-19/h11-13H,2-10H2,1H3. The van der Waals surface area contributed by atoms with Crippen molar-refractivity contribution < 1.29 is 9.53 Å². The van der Waals surface area contributed by atoms with E-state index in [9.17, 15) is 4.79 Å². The van der Waals surface area contributed by atoms with E-state index in [4.69, 9.17) is 4.74 Å². The number of ether oxygens (including phenoxy) is 1. The van der Waals surface area contributed by atoms with Gasteiger partial charge in [0.1, 0.15) is 5.75 Å². The molecule has 4 nitrogen and oxygen atoms in total. The summed E-state index contributed by atoms with van der Waals surface area (Å²) in [5.41, 5.74) is 2.96. The average molecular weight is 288 g/mol. The highest BCUT2D eigenvalue weighted by Crippen LogP contribution is 2.36. The summed E-state index contributed by atoms with van der Waals surface area (Å²) < 4.78 is 5.74. The first-order chi connectivity index (χ1) is 10.3. The Morgan fingerprint density at radius 3 is 2.24 bits per heavy atom. The van der Waals surface area contributed by atoms with Crippen molar-refractivity contribution in [2.24, 2.45) is 0 Å². The molecule has 0 aliphatic carbocycles. The first-order valence-electron chi connectivity index (χ1n) is 8.09. The Bertz CT molecular complexity index is 504. The zero-order valence-corrected chi connectivity index (χ0v) is 12.8. The van der Waals surface area contributed by atoms with Crippen LogP contribution in [-0.4, -0.2) is 39.1 Å². The second-order valence-electron chi connectivity index (χ2n) is 5.82. The number of carbonyl (C=O) groups is 1. The number of rotatable bonds is 5. The van der Waals surface area contributed by atoms with Crippen molar-refractivity contribution in [3.63, 3.8) is 0 Å². The zero-order valence-electron chi connectivity index (χ0n) is 12.8. The van der Waals surface area contributed by atoms with Gasteiger partial charge in [-0.15, -0.1) is 0 Å². The fourth-order valence-electron chi connectivity index (χ4n) is 3.37. The van der Waals surface area contributed by atoms with Crippen LogP contribution < -0.4 is 14.5 Å². The maximum Gasteiger partial charge on any atom is 0.155 e. The van der Waals surface area contributed by atoms with Crippen LogP contribution in [-0.2, 0) is 0 Å². The van der Waals surface area contributed by atoms with E-state index in [0.29, 0.717) is 12.2 Å². The van der Waals surface area contributed by atoms with Gasteiger partial charge in [-0.05, 0) is 38.7 Å². The molecule has 0 radical (unpaired) electrons. The van der Waals surface area contributed by atoms with E-state index in [1.165, 1.54) is 31.4 Å². The molecule has 2 heterocycles. The third-order valence-corrected chi connectivity index (χ3v) is 4.44. The smallest absolute Gasteiger partial charge is 0.155 e. The molecule has 2 aliphatic rings. The molecule has 0 saturated carbocycles. The van der Waals surface area contributed by atoms with E-state index in [0.717, 1.165) is 43.9 Å². The molecule has 3 rings (SSSR count). The molecule has 0 atom stereocenters. The number of anilines is 2. The Hall–Kier alpha value is -1.71. The largest absolute Gasteiger partial charge is 0.493 e. The molecule has 2 fully saturated rings. The Labute approximate surface area is 126 Å².